The third-order valence-electron chi connectivity index (χ3n) is 7.18. The predicted molar refractivity (Wildman–Crippen MR) is 164 cm³/mol. The van der Waals surface area contributed by atoms with E-state index in [-0.39, 0.29) is 36.8 Å². The SMILES string of the molecule is C=CCON(C1CN(C(=O)OC(C)(C)C)C(CO[Si](C)(C)C(C)(C)C)C=C1CC(N)=O)S(=O)(=O)c1ccccc1[N+](=O)[O-]. The van der Waals surface area contributed by atoms with Gasteiger partial charge in [0.2, 0.25) is 5.91 Å². The zero-order valence-corrected chi connectivity index (χ0v) is 28.0. The fourth-order valence-corrected chi connectivity index (χ4v) is 6.63. The molecule has 2 N–H and O–H groups in total. The van der Waals surface area contributed by atoms with Gasteiger partial charge in [-0.2, -0.15) is 0 Å². The van der Waals surface area contributed by atoms with E-state index in [1.54, 1.807) is 26.8 Å². The van der Waals surface area contributed by atoms with Gasteiger partial charge in [-0.05, 0) is 50.5 Å². The van der Waals surface area contributed by atoms with Gasteiger partial charge in [0.15, 0.2) is 13.2 Å². The van der Waals surface area contributed by atoms with Gasteiger partial charge < -0.3 is 14.9 Å². The van der Waals surface area contributed by atoms with Crippen LogP contribution in [0.15, 0.2) is 53.5 Å². The summed E-state index contributed by atoms with van der Waals surface area (Å²) in [4.78, 5) is 43.0. The van der Waals surface area contributed by atoms with Crippen molar-refractivity contribution in [2.45, 2.75) is 88.7 Å². The number of nitro benzene ring substituents is 1. The number of nitro groups is 1. The Morgan fingerprint density at radius 2 is 1.81 bits per heavy atom. The van der Waals surface area contributed by atoms with Crippen LogP contribution in [-0.2, 0) is 28.8 Å². The Labute approximate surface area is 254 Å². The molecule has 1 heterocycles. The molecule has 13 nitrogen and oxygen atoms in total. The summed E-state index contributed by atoms with van der Waals surface area (Å²) in [6.07, 6.45) is 1.74. The number of carbonyl (C=O) groups excluding carboxylic acids is 2. The van der Waals surface area contributed by atoms with Gasteiger partial charge in [0, 0.05) is 19.0 Å². The number of carbonyl (C=O) groups is 2. The highest BCUT2D eigenvalue weighted by Gasteiger charge is 2.45. The molecular weight excluding hydrogens is 596 g/mol. The number of sulfonamides is 1. The lowest BCUT2D eigenvalue weighted by atomic mass is 9.95. The number of hydrogen-bond acceptors (Lipinski definition) is 9. The summed E-state index contributed by atoms with van der Waals surface area (Å²) in [7, 11) is -7.06. The van der Waals surface area contributed by atoms with E-state index in [9.17, 15) is 28.1 Å². The topological polar surface area (TPSA) is 172 Å². The van der Waals surface area contributed by atoms with Crippen LogP contribution in [0.4, 0.5) is 10.5 Å². The fourth-order valence-electron chi connectivity index (χ4n) is 4.02. The van der Waals surface area contributed by atoms with Gasteiger partial charge in [-0.3, -0.25) is 24.6 Å². The Morgan fingerprint density at radius 1 is 1.21 bits per heavy atom. The smallest absolute Gasteiger partial charge is 0.410 e. The molecular formula is C28H44N4O9SSi. The van der Waals surface area contributed by atoms with Crippen LogP contribution in [0.5, 0.6) is 0 Å². The van der Waals surface area contributed by atoms with Crippen LogP contribution < -0.4 is 5.73 Å². The highest BCUT2D eigenvalue weighted by atomic mass is 32.2. The van der Waals surface area contributed by atoms with Crippen LogP contribution in [0.2, 0.25) is 18.1 Å². The second kappa shape index (κ2) is 13.7. The van der Waals surface area contributed by atoms with Crippen molar-refractivity contribution in [3.63, 3.8) is 0 Å². The van der Waals surface area contributed by atoms with Crippen LogP contribution in [-0.4, -0.2) is 80.5 Å². The van der Waals surface area contributed by atoms with Gasteiger partial charge in [-0.1, -0.05) is 49.5 Å². The van der Waals surface area contributed by atoms with Gasteiger partial charge in [0.1, 0.15) is 5.60 Å². The second-order valence-corrected chi connectivity index (χ2v) is 19.3. The van der Waals surface area contributed by atoms with Crippen LogP contribution in [0.3, 0.4) is 0 Å². The zero-order valence-electron chi connectivity index (χ0n) is 26.2. The van der Waals surface area contributed by atoms with Crippen molar-refractivity contribution in [1.82, 2.24) is 9.37 Å². The van der Waals surface area contributed by atoms with Crippen LogP contribution in [0.1, 0.15) is 48.0 Å². The minimum atomic E-state index is -4.75. The number of benzene rings is 1. The molecule has 0 saturated heterocycles. The second-order valence-electron chi connectivity index (χ2n) is 12.7. The molecule has 0 saturated carbocycles. The number of para-hydroxylation sites is 1. The number of nitrogens with two attached hydrogens (primary N) is 1. The van der Waals surface area contributed by atoms with E-state index in [0.717, 1.165) is 12.1 Å². The quantitative estimate of drug-likeness (QED) is 0.149. The molecule has 43 heavy (non-hydrogen) atoms. The number of nitrogens with zero attached hydrogens (tertiary/aromatic N) is 3. The molecule has 0 spiro atoms. The number of primary amides is 1. The van der Waals surface area contributed by atoms with Crippen molar-refractivity contribution < 1.29 is 36.9 Å². The molecule has 2 unspecified atom stereocenters. The zero-order chi connectivity index (χ0) is 33.0. The normalized spacial score (nSPS) is 18.3. The summed E-state index contributed by atoms with van der Waals surface area (Å²) in [5, 5.41) is 11.6. The van der Waals surface area contributed by atoms with Crippen LogP contribution in [0, 0.1) is 10.1 Å². The number of hydroxylamine groups is 1. The fraction of sp³-hybridized carbons (Fsp3) is 0.571. The minimum Gasteiger partial charge on any atom is -0.444 e. The van der Waals surface area contributed by atoms with Crippen molar-refractivity contribution in [3.05, 3.63) is 58.7 Å². The number of rotatable bonds is 12. The Bertz CT molecular complexity index is 1350. The van der Waals surface area contributed by atoms with Crippen molar-refractivity contribution in [2.75, 3.05) is 19.8 Å². The Kier molecular flexibility index (Phi) is 11.5. The first kappa shape index (κ1) is 36.1. The molecule has 0 radical (unpaired) electrons. The van der Waals surface area contributed by atoms with E-state index in [1.165, 1.54) is 23.1 Å². The largest absolute Gasteiger partial charge is 0.444 e. The maximum Gasteiger partial charge on any atom is 0.410 e. The summed E-state index contributed by atoms with van der Waals surface area (Å²) < 4.78 is 40.7. The Balaban J connectivity index is 2.75. The molecule has 0 bridgehead atoms. The lowest BCUT2D eigenvalue weighted by molar-refractivity contribution is -0.388. The van der Waals surface area contributed by atoms with Gasteiger partial charge in [-0.25, -0.2) is 13.2 Å². The third kappa shape index (κ3) is 9.19. The summed E-state index contributed by atoms with van der Waals surface area (Å²) in [5.41, 5.74) is 4.25. The Hall–Kier alpha value is -3.11. The predicted octanol–water partition coefficient (Wildman–Crippen LogP) is 4.51. The van der Waals surface area contributed by atoms with Crippen molar-refractivity contribution in [3.8, 4) is 0 Å². The van der Waals surface area contributed by atoms with Crippen molar-refractivity contribution in [2.24, 2.45) is 5.73 Å². The van der Waals surface area contributed by atoms with Gasteiger partial charge in [0.25, 0.3) is 15.7 Å². The summed E-state index contributed by atoms with van der Waals surface area (Å²) in [5.74, 6) is -0.752. The lowest BCUT2D eigenvalue weighted by Crippen LogP contribution is -2.57. The highest BCUT2D eigenvalue weighted by Crippen LogP contribution is 2.38. The van der Waals surface area contributed by atoms with Crippen LogP contribution >= 0.6 is 0 Å². The van der Waals surface area contributed by atoms with E-state index in [1.807, 2.05) is 0 Å². The van der Waals surface area contributed by atoms with Crippen molar-refractivity contribution in [1.29, 1.82) is 0 Å². The first-order valence-corrected chi connectivity index (χ1v) is 18.1. The van der Waals surface area contributed by atoms with Gasteiger partial charge in [-0.15, -0.1) is 6.58 Å². The molecule has 2 amide bonds. The lowest BCUT2D eigenvalue weighted by Gasteiger charge is -2.43. The molecule has 240 valence electrons. The van der Waals surface area contributed by atoms with Gasteiger partial charge in [0.05, 0.1) is 30.2 Å². The summed E-state index contributed by atoms with van der Waals surface area (Å²) >= 11 is 0. The molecule has 2 rings (SSSR count). The van der Waals surface area contributed by atoms with Crippen LogP contribution in [0.25, 0.3) is 0 Å². The molecule has 0 aromatic heterocycles. The molecule has 1 aliphatic rings. The number of ether oxygens (including phenoxy) is 1. The van der Waals surface area contributed by atoms with Gasteiger partial charge >= 0.3 is 6.09 Å². The van der Waals surface area contributed by atoms with E-state index in [2.05, 4.69) is 40.4 Å². The molecule has 0 fully saturated rings. The number of amides is 2. The Morgan fingerprint density at radius 3 is 2.33 bits per heavy atom. The van der Waals surface area contributed by atoms with E-state index >= 15 is 0 Å². The molecule has 0 aliphatic carbocycles. The standard InChI is InChI=1S/C28H44N4O9SSi/c1-10-15-39-32(42(37,38)24-14-12-11-13-22(24)31(35)36)23-18-30(26(34)41-27(2,3)4)21(16-20(23)17-25(29)33)19-40-43(8,9)28(5,6)7/h10-14,16,21,23H,1,15,17-19H2,2-9H3,(H2,29,33). The summed E-state index contributed by atoms with van der Waals surface area (Å²) in [6.45, 7) is 18.4. The first-order chi connectivity index (χ1) is 19.6. The maximum absolute atomic E-state index is 14.0. The van der Waals surface area contributed by atoms with E-state index < -0.39 is 63.5 Å². The van der Waals surface area contributed by atoms with E-state index in [0.29, 0.717) is 4.47 Å². The first-order valence-electron chi connectivity index (χ1n) is 13.8. The number of hydrogen-bond donors (Lipinski definition) is 1. The maximum atomic E-state index is 14.0. The summed E-state index contributed by atoms with van der Waals surface area (Å²) in [6, 6.07) is 2.77. The molecule has 1 aliphatic heterocycles. The van der Waals surface area contributed by atoms with Crippen molar-refractivity contribution >= 4 is 36.0 Å². The molecule has 1 aromatic carbocycles. The third-order valence-corrected chi connectivity index (χ3v) is 13.4. The average Bonchev–Trinajstić information content (AvgIpc) is 2.86. The monoisotopic (exact) mass is 640 g/mol. The molecule has 1 aromatic rings. The highest BCUT2D eigenvalue weighted by molar-refractivity contribution is 7.89. The van der Waals surface area contributed by atoms with E-state index in [4.69, 9.17) is 19.7 Å². The minimum absolute atomic E-state index is 0.0507. The molecule has 2 atom stereocenters. The average molecular weight is 641 g/mol. The molecule has 15 heteroatoms.